The maximum absolute atomic E-state index is 12.4. The number of carbonyl (C=O) groups is 2. The van der Waals surface area contributed by atoms with Gasteiger partial charge in [-0.15, -0.1) is 0 Å². The van der Waals surface area contributed by atoms with E-state index < -0.39 is 4.92 Å². The standard InChI is InChI=1S/C20H21N3O5/c1-3-22(14-19(24)21-16-7-5-9-18(13-16)28-2)20(25)11-10-15-6-4-8-17(12-15)23(26)27/h4-13H,3,14H2,1-2H3,(H,21,24)/b11-10+. The molecule has 0 aromatic heterocycles. The fourth-order valence-electron chi connectivity index (χ4n) is 2.44. The molecule has 8 heteroatoms. The van der Waals surface area contributed by atoms with Crippen LogP contribution in [0.2, 0.25) is 0 Å². The minimum Gasteiger partial charge on any atom is -0.497 e. The predicted molar refractivity (Wildman–Crippen MR) is 106 cm³/mol. The highest BCUT2D eigenvalue weighted by Gasteiger charge is 2.14. The zero-order valence-corrected chi connectivity index (χ0v) is 15.6. The van der Waals surface area contributed by atoms with E-state index in [4.69, 9.17) is 4.74 Å². The van der Waals surface area contributed by atoms with Crippen molar-refractivity contribution in [3.05, 3.63) is 70.3 Å². The number of likely N-dealkylation sites (N-methyl/N-ethyl adjacent to an activating group) is 1. The number of amides is 2. The summed E-state index contributed by atoms with van der Waals surface area (Å²) in [5.41, 5.74) is 1.04. The molecule has 0 unspecified atom stereocenters. The van der Waals surface area contributed by atoms with Gasteiger partial charge in [0.15, 0.2) is 0 Å². The van der Waals surface area contributed by atoms with E-state index in [2.05, 4.69) is 5.32 Å². The number of hydrogen-bond donors (Lipinski definition) is 1. The van der Waals surface area contributed by atoms with Crippen LogP contribution in [-0.4, -0.2) is 41.8 Å². The third kappa shape index (κ3) is 5.94. The molecule has 1 N–H and O–H groups in total. The van der Waals surface area contributed by atoms with Gasteiger partial charge in [0.25, 0.3) is 5.69 Å². The minimum atomic E-state index is -0.500. The number of carbonyl (C=O) groups excluding carboxylic acids is 2. The van der Waals surface area contributed by atoms with Gasteiger partial charge in [-0.25, -0.2) is 0 Å². The molecule has 146 valence electrons. The normalized spacial score (nSPS) is 10.5. The van der Waals surface area contributed by atoms with Crippen LogP contribution in [0, 0.1) is 10.1 Å². The summed E-state index contributed by atoms with van der Waals surface area (Å²) in [7, 11) is 1.53. The van der Waals surface area contributed by atoms with Gasteiger partial charge in [-0.2, -0.15) is 0 Å². The van der Waals surface area contributed by atoms with Crippen molar-refractivity contribution >= 4 is 29.3 Å². The summed E-state index contributed by atoms with van der Waals surface area (Å²) in [5, 5.41) is 13.5. The second-order valence-corrected chi connectivity index (χ2v) is 5.82. The number of nitrogens with zero attached hydrogens (tertiary/aromatic N) is 2. The van der Waals surface area contributed by atoms with Gasteiger partial charge < -0.3 is 15.0 Å². The lowest BCUT2D eigenvalue weighted by Crippen LogP contribution is -2.36. The molecule has 28 heavy (non-hydrogen) atoms. The molecule has 0 saturated heterocycles. The van der Waals surface area contributed by atoms with E-state index in [0.29, 0.717) is 23.5 Å². The third-order valence-electron chi connectivity index (χ3n) is 3.88. The summed E-state index contributed by atoms with van der Waals surface area (Å²) in [6.07, 6.45) is 2.78. The van der Waals surface area contributed by atoms with Crippen molar-refractivity contribution in [3.8, 4) is 5.75 Å². The first-order valence-corrected chi connectivity index (χ1v) is 8.58. The number of non-ortho nitro benzene ring substituents is 1. The monoisotopic (exact) mass is 383 g/mol. The van der Waals surface area contributed by atoms with Crippen LogP contribution < -0.4 is 10.1 Å². The van der Waals surface area contributed by atoms with E-state index in [0.717, 1.165) is 0 Å². The SMILES string of the molecule is CCN(CC(=O)Nc1cccc(OC)c1)C(=O)/C=C/c1cccc([N+](=O)[O-])c1. The maximum Gasteiger partial charge on any atom is 0.270 e. The summed E-state index contributed by atoms with van der Waals surface area (Å²) in [5.74, 6) is -0.0943. The number of ether oxygens (including phenoxy) is 1. The van der Waals surface area contributed by atoms with Crippen LogP contribution in [0.25, 0.3) is 6.08 Å². The average Bonchev–Trinajstić information content (AvgIpc) is 2.70. The van der Waals surface area contributed by atoms with Crippen molar-refractivity contribution in [1.82, 2.24) is 4.90 Å². The number of nitro groups is 1. The van der Waals surface area contributed by atoms with Crippen molar-refractivity contribution in [2.45, 2.75) is 6.92 Å². The molecule has 0 atom stereocenters. The molecule has 2 aromatic rings. The Morgan fingerprint density at radius 2 is 1.96 bits per heavy atom. The quantitative estimate of drug-likeness (QED) is 0.429. The van der Waals surface area contributed by atoms with Crippen LogP contribution in [0.15, 0.2) is 54.6 Å². The largest absolute Gasteiger partial charge is 0.497 e. The summed E-state index contributed by atoms with van der Waals surface area (Å²) in [4.78, 5) is 36.3. The van der Waals surface area contributed by atoms with E-state index in [1.807, 2.05) is 0 Å². The Hall–Kier alpha value is -3.68. The van der Waals surface area contributed by atoms with E-state index in [1.54, 1.807) is 43.3 Å². The van der Waals surface area contributed by atoms with Gasteiger partial charge in [-0.1, -0.05) is 18.2 Å². The lowest BCUT2D eigenvalue weighted by molar-refractivity contribution is -0.384. The molecule has 0 spiro atoms. The van der Waals surface area contributed by atoms with Gasteiger partial charge in [-0.3, -0.25) is 19.7 Å². The van der Waals surface area contributed by atoms with Crippen molar-refractivity contribution in [2.24, 2.45) is 0 Å². The second-order valence-electron chi connectivity index (χ2n) is 5.82. The van der Waals surface area contributed by atoms with Gasteiger partial charge in [-0.05, 0) is 30.7 Å². The molecule has 2 rings (SSSR count). The van der Waals surface area contributed by atoms with Crippen LogP contribution in [0.3, 0.4) is 0 Å². The Bertz CT molecular complexity index is 895. The highest BCUT2D eigenvalue weighted by atomic mass is 16.6. The molecule has 0 aliphatic heterocycles. The molecular weight excluding hydrogens is 362 g/mol. The fourth-order valence-corrected chi connectivity index (χ4v) is 2.44. The fraction of sp³-hybridized carbons (Fsp3) is 0.200. The molecule has 0 aliphatic carbocycles. The minimum absolute atomic E-state index is 0.0559. The van der Waals surface area contributed by atoms with E-state index in [9.17, 15) is 19.7 Å². The first kappa shape index (κ1) is 20.6. The van der Waals surface area contributed by atoms with Crippen LogP contribution in [0.5, 0.6) is 5.75 Å². The lowest BCUT2D eigenvalue weighted by Gasteiger charge is -2.18. The first-order valence-electron chi connectivity index (χ1n) is 8.58. The molecule has 0 heterocycles. The molecule has 2 aromatic carbocycles. The second kappa shape index (κ2) is 9.86. The van der Waals surface area contributed by atoms with Crippen LogP contribution >= 0.6 is 0 Å². The number of rotatable bonds is 8. The molecular formula is C20H21N3O5. The summed E-state index contributed by atoms with van der Waals surface area (Å²) >= 11 is 0. The summed E-state index contributed by atoms with van der Waals surface area (Å²) < 4.78 is 5.11. The Morgan fingerprint density at radius 3 is 2.64 bits per heavy atom. The lowest BCUT2D eigenvalue weighted by atomic mass is 10.2. The van der Waals surface area contributed by atoms with Gasteiger partial charge in [0.05, 0.1) is 12.0 Å². The molecule has 0 radical (unpaired) electrons. The van der Waals surface area contributed by atoms with Crippen molar-refractivity contribution < 1.29 is 19.2 Å². The number of methoxy groups -OCH3 is 1. The molecule has 8 nitrogen and oxygen atoms in total. The molecule has 2 amide bonds. The van der Waals surface area contributed by atoms with Gasteiger partial charge in [0.1, 0.15) is 12.3 Å². The maximum atomic E-state index is 12.4. The summed E-state index contributed by atoms with van der Waals surface area (Å²) in [6, 6.07) is 12.9. The summed E-state index contributed by atoms with van der Waals surface area (Å²) in [6.45, 7) is 1.98. The van der Waals surface area contributed by atoms with E-state index in [-0.39, 0.29) is 24.0 Å². The Morgan fingerprint density at radius 1 is 1.21 bits per heavy atom. The van der Waals surface area contributed by atoms with Crippen molar-refractivity contribution in [3.63, 3.8) is 0 Å². The van der Waals surface area contributed by atoms with Crippen molar-refractivity contribution in [1.29, 1.82) is 0 Å². The first-order chi connectivity index (χ1) is 13.4. The van der Waals surface area contributed by atoms with Gasteiger partial charge >= 0.3 is 0 Å². The topological polar surface area (TPSA) is 102 Å². The number of nitrogens with one attached hydrogen (secondary N) is 1. The van der Waals surface area contributed by atoms with Crippen LogP contribution in [0.4, 0.5) is 11.4 Å². The van der Waals surface area contributed by atoms with Gasteiger partial charge in [0.2, 0.25) is 11.8 Å². The Kier molecular flexibility index (Phi) is 7.27. The zero-order chi connectivity index (χ0) is 20.5. The van der Waals surface area contributed by atoms with Crippen molar-refractivity contribution in [2.75, 3.05) is 25.5 Å². The Balaban J connectivity index is 1.99. The third-order valence-corrected chi connectivity index (χ3v) is 3.88. The van der Waals surface area contributed by atoms with Crippen LogP contribution in [0.1, 0.15) is 12.5 Å². The Labute approximate surface area is 162 Å². The molecule has 0 aliphatic rings. The highest BCUT2D eigenvalue weighted by Crippen LogP contribution is 2.17. The number of hydrogen-bond acceptors (Lipinski definition) is 5. The molecule has 0 bridgehead atoms. The van der Waals surface area contributed by atoms with Crippen LogP contribution in [-0.2, 0) is 9.59 Å². The molecule has 0 saturated carbocycles. The average molecular weight is 383 g/mol. The highest BCUT2D eigenvalue weighted by molar-refractivity contribution is 5.98. The number of anilines is 1. The van der Waals surface area contributed by atoms with Gasteiger partial charge in [0, 0.05) is 36.5 Å². The smallest absolute Gasteiger partial charge is 0.270 e. The predicted octanol–water partition coefficient (Wildman–Crippen LogP) is 3.10. The zero-order valence-electron chi connectivity index (χ0n) is 15.6. The molecule has 0 fully saturated rings. The number of nitro benzene ring substituents is 1. The van der Waals surface area contributed by atoms with E-state index in [1.165, 1.54) is 36.3 Å². The number of benzene rings is 2. The van der Waals surface area contributed by atoms with E-state index >= 15 is 0 Å².